The van der Waals surface area contributed by atoms with Crippen LogP contribution in [0.5, 0.6) is 17.2 Å². The van der Waals surface area contributed by atoms with Crippen LogP contribution in [0.2, 0.25) is 0 Å². The molecule has 0 saturated heterocycles. The lowest BCUT2D eigenvalue weighted by Crippen LogP contribution is -2.14. The molecule has 2 aromatic rings. The zero-order chi connectivity index (χ0) is 16.8. The van der Waals surface area contributed by atoms with E-state index in [0.29, 0.717) is 0 Å². The first-order valence-electron chi connectivity index (χ1n) is 6.39. The summed E-state index contributed by atoms with van der Waals surface area (Å²) >= 11 is 1.13. The van der Waals surface area contributed by atoms with Gasteiger partial charge in [-0.1, -0.05) is 12.1 Å². The number of benzene rings is 2. The summed E-state index contributed by atoms with van der Waals surface area (Å²) in [5.41, 5.74) is 2.29. The van der Waals surface area contributed by atoms with Gasteiger partial charge in [0, 0.05) is 23.1 Å². The quantitative estimate of drug-likeness (QED) is 0.124. The third-order valence-electron chi connectivity index (χ3n) is 2.75. The van der Waals surface area contributed by atoms with Crippen molar-refractivity contribution >= 4 is 29.6 Å². The summed E-state index contributed by atoms with van der Waals surface area (Å²) in [7, 11) is 0. The Labute approximate surface area is 136 Å². The van der Waals surface area contributed by atoms with Crippen molar-refractivity contribution in [2.45, 2.75) is 4.90 Å². The molecule has 23 heavy (non-hydrogen) atoms. The molecule has 2 aromatic carbocycles. The molecule has 0 radical (unpaired) electrons. The molecule has 0 atom stereocenters. The zero-order valence-electron chi connectivity index (χ0n) is 11.7. The van der Waals surface area contributed by atoms with Crippen molar-refractivity contribution in [2.24, 2.45) is 0 Å². The molecule has 6 N–H and O–H groups in total. The first-order chi connectivity index (χ1) is 11.0. The zero-order valence-corrected chi connectivity index (χ0v) is 12.5. The van der Waals surface area contributed by atoms with E-state index in [-0.39, 0.29) is 22.9 Å². The maximum atomic E-state index is 10.9. The summed E-state index contributed by atoms with van der Waals surface area (Å²) in [5, 5.41) is 37.1. The van der Waals surface area contributed by atoms with Gasteiger partial charge in [-0.25, -0.2) is 5.48 Å². The van der Waals surface area contributed by atoms with Crippen molar-refractivity contribution in [1.29, 1.82) is 0 Å². The van der Waals surface area contributed by atoms with E-state index in [0.717, 1.165) is 34.5 Å². The molecule has 120 valence electrons. The van der Waals surface area contributed by atoms with E-state index in [1.54, 1.807) is 24.3 Å². The average molecular weight is 334 g/mol. The molecule has 0 aliphatic heterocycles. The van der Waals surface area contributed by atoms with Crippen LogP contribution in [0.1, 0.15) is 5.56 Å². The number of hydrogen-bond donors (Lipinski definition) is 6. The van der Waals surface area contributed by atoms with Crippen molar-refractivity contribution in [3.8, 4) is 17.2 Å². The largest absolute Gasteiger partial charge is 0.508 e. The number of aromatic hydroxyl groups is 3. The number of hydroxylamine groups is 1. The highest BCUT2D eigenvalue weighted by atomic mass is 32.2. The van der Waals surface area contributed by atoms with Gasteiger partial charge in [0.1, 0.15) is 22.9 Å². The number of phenols is 3. The van der Waals surface area contributed by atoms with E-state index in [1.807, 2.05) is 0 Å². The van der Waals surface area contributed by atoms with Crippen LogP contribution in [0.15, 0.2) is 47.4 Å². The lowest BCUT2D eigenvalue weighted by atomic mass is 10.2. The van der Waals surface area contributed by atoms with Gasteiger partial charge in [0.05, 0.1) is 0 Å². The van der Waals surface area contributed by atoms with Crippen LogP contribution in [-0.2, 0) is 4.79 Å². The van der Waals surface area contributed by atoms with Crippen LogP contribution in [-0.4, -0.2) is 26.4 Å². The number of nitrogens with one attached hydrogen (secondary N) is 2. The summed E-state index contributed by atoms with van der Waals surface area (Å²) < 4.78 is 2.79. The van der Waals surface area contributed by atoms with Crippen molar-refractivity contribution in [3.63, 3.8) is 0 Å². The normalized spacial score (nSPS) is 10.7. The molecule has 0 aliphatic carbocycles. The second-order valence-corrected chi connectivity index (χ2v) is 5.32. The molecule has 1 amide bonds. The van der Waals surface area contributed by atoms with E-state index < -0.39 is 5.91 Å². The van der Waals surface area contributed by atoms with E-state index >= 15 is 0 Å². The minimum absolute atomic E-state index is 0.0772. The van der Waals surface area contributed by atoms with Gasteiger partial charge in [0.15, 0.2) is 0 Å². The van der Waals surface area contributed by atoms with E-state index in [4.69, 9.17) is 5.21 Å². The molecular formula is C15H14N2O5S. The fourth-order valence-corrected chi connectivity index (χ4v) is 2.47. The standard InChI is InChI=1S/C15H14N2O5S/c18-10-7-12(19)15(13(20)8-10)17-23-11-3-1-2-9(6-11)4-5-14(21)16-22/h1-8,17-20,22H,(H,16,21)/b5-4+. The fourth-order valence-electron chi connectivity index (χ4n) is 1.70. The number of carbonyl (C=O) groups is 1. The predicted octanol–water partition coefficient (Wildman–Crippen LogP) is 2.44. The van der Waals surface area contributed by atoms with Gasteiger partial charge in [-0.05, 0) is 35.7 Å². The topological polar surface area (TPSA) is 122 Å². The Balaban J connectivity index is 2.10. The second-order valence-electron chi connectivity index (χ2n) is 4.45. The molecule has 7 nitrogen and oxygen atoms in total. The third kappa shape index (κ3) is 4.56. The highest BCUT2D eigenvalue weighted by molar-refractivity contribution is 8.00. The molecule has 0 fully saturated rings. The van der Waals surface area contributed by atoms with Crippen molar-refractivity contribution < 1.29 is 25.3 Å². The van der Waals surface area contributed by atoms with E-state index in [9.17, 15) is 20.1 Å². The summed E-state index contributed by atoms with van der Waals surface area (Å²) in [6.45, 7) is 0. The Morgan fingerprint density at radius 2 is 1.78 bits per heavy atom. The summed E-state index contributed by atoms with van der Waals surface area (Å²) in [4.78, 5) is 11.7. The van der Waals surface area contributed by atoms with Gasteiger partial charge in [0.2, 0.25) is 0 Å². The highest BCUT2D eigenvalue weighted by Gasteiger charge is 2.09. The van der Waals surface area contributed by atoms with Crippen LogP contribution < -0.4 is 10.2 Å². The van der Waals surface area contributed by atoms with Crippen LogP contribution in [0.4, 0.5) is 5.69 Å². The Kier molecular flexibility index (Phi) is 5.34. The SMILES string of the molecule is O=C(/C=C/c1cccc(SNc2c(O)cc(O)cc2O)c1)NO. The monoisotopic (exact) mass is 334 g/mol. The minimum Gasteiger partial charge on any atom is -0.508 e. The number of hydrogen-bond acceptors (Lipinski definition) is 7. The Bertz CT molecular complexity index is 725. The molecule has 0 aliphatic rings. The summed E-state index contributed by atoms with van der Waals surface area (Å²) in [6, 6.07) is 9.28. The Morgan fingerprint density at radius 3 is 2.43 bits per heavy atom. The van der Waals surface area contributed by atoms with Crippen LogP contribution in [0.3, 0.4) is 0 Å². The number of amides is 1. The summed E-state index contributed by atoms with van der Waals surface area (Å²) in [5.74, 6) is -1.46. The molecule has 0 saturated carbocycles. The fraction of sp³-hybridized carbons (Fsp3) is 0. The maximum Gasteiger partial charge on any atom is 0.267 e. The van der Waals surface area contributed by atoms with Gasteiger partial charge in [-0.15, -0.1) is 0 Å². The van der Waals surface area contributed by atoms with Crippen molar-refractivity contribution in [3.05, 3.63) is 48.0 Å². The van der Waals surface area contributed by atoms with Crippen LogP contribution in [0.25, 0.3) is 6.08 Å². The first-order valence-corrected chi connectivity index (χ1v) is 7.21. The van der Waals surface area contributed by atoms with Gasteiger partial charge < -0.3 is 20.0 Å². The number of phenolic OH excluding ortho intramolecular Hbond substituents is 3. The average Bonchev–Trinajstić information content (AvgIpc) is 2.52. The van der Waals surface area contributed by atoms with Crippen molar-refractivity contribution in [1.82, 2.24) is 5.48 Å². The van der Waals surface area contributed by atoms with Gasteiger partial charge in [-0.3, -0.25) is 10.0 Å². The smallest absolute Gasteiger partial charge is 0.267 e. The van der Waals surface area contributed by atoms with Crippen LogP contribution >= 0.6 is 11.9 Å². The first kappa shape index (κ1) is 16.5. The third-order valence-corrected chi connectivity index (χ3v) is 3.54. The lowest BCUT2D eigenvalue weighted by molar-refractivity contribution is -0.124. The molecular weight excluding hydrogens is 320 g/mol. The van der Waals surface area contributed by atoms with Crippen molar-refractivity contribution in [2.75, 3.05) is 4.72 Å². The van der Waals surface area contributed by atoms with E-state index in [2.05, 4.69) is 4.72 Å². The van der Waals surface area contributed by atoms with Gasteiger partial charge in [0.25, 0.3) is 5.91 Å². The Morgan fingerprint density at radius 1 is 1.09 bits per heavy atom. The number of anilines is 1. The number of rotatable bonds is 5. The molecule has 0 unspecified atom stereocenters. The molecule has 0 spiro atoms. The molecule has 0 aromatic heterocycles. The summed E-state index contributed by atoms with van der Waals surface area (Å²) in [6.07, 6.45) is 2.69. The molecule has 2 rings (SSSR count). The second kappa shape index (κ2) is 7.43. The predicted molar refractivity (Wildman–Crippen MR) is 86.3 cm³/mol. The van der Waals surface area contributed by atoms with Gasteiger partial charge in [-0.2, -0.15) is 0 Å². The van der Waals surface area contributed by atoms with Gasteiger partial charge >= 0.3 is 0 Å². The Hall–Kier alpha value is -2.84. The van der Waals surface area contributed by atoms with Crippen LogP contribution in [0, 0.1) is 0 Å². The highest BCUT2D eigenvalue weighted by Crippen LogP contribution is 2.39. The molecule has 0 heterocycles. The lowest BCUT2D eigenvalue weighted by Gasteiger charge is -2.10. The minimum atomic E-state index is -0.639. The molecule has 0 bridgehead atoms. The van der Waals surface area contributed by atoms with E-state index in [1.165, 1.54) is 17.6 Å². The number of carbonyl (C=O) groups excluding carboxylic acids is 1. The molecule has 8 heteroatoms. The maximum absolute atomic E-state index is 10.9.